The largest absolute Gasteiger partial charge is 0.461 e. The van der Waals surface area contributed by atoms with E-state index in [1.807, 2.05) is 117 Å². The van der Waals surface area contributed by atoms with Gasteiger partial charge in [0.2, 0.25) is 0 Å². The van der Waals surface area contributed by atoms with E-state index in [0.29, 0.717) is 6.54 Å². The van der Waals surface area contributed by atoms with Crippen LogP contribution in [-0.4, -0.2) is 42.0 Å². The highest BCUT2D eigenvalue weighted by Gasteiger charge is 2.27. The number of amides is 2. The van der Waals surface area contributed by atoms with Crippen LogP contribution in [0, 0.1) is 5.92 Å². The third-order valence-corrected chi connectivity index (χ3v) is 6.81. The van der Waals surface area contributed by atoms with E-state index in [1.165, 1.54) is 0 Å². The molecule has 4 rings (SSSR count). The van der Waals surface area contributed by atoms with Crippen LogP contribution in [0.5, 0.6) is 0 Å². The maximum Gasteiger partial charge on any atom is 0.329 e. The van der Waals surface area contributed by atoms with E-state index >= 15 is 0 Å². The molecule has 0 saturated carbocycles. The first-order valence-electron chi connectivity index (χ1n) is 14.3. The molecule has 0 aromatic heterocycles. The van der Waals surface area contributed by atoms with Crippen LogP contribution in [0.3, 0.4) is 0 Å². The first-order chi connectivity index (χ1) is 20.4. The summed E-state index contributed by atoms with van der Waals surface area (Å²) in [5.74, 6) is -0.764. The van der Waals surface area contributed by atoms with E-state index in [0.717, 1.165) is 27.5 Å². The summed E-state index contributed by atoms with van der Waals surface area (Å²) in [5, 5.41) is 4.97. The first kappa shape index (κ1) is 30.3. The van der Waals surface area contributed by atoms with E-state index in [2.05, 4.69) is 5.32 Å². The molecule has 0 fully saturated rings. The Labute approximate surface area is 247 Å². The summed E-state index contributed by atoms with van der Waals surface area (Å²) >= 11 is 0. The molecule has 0 aliphatic rings. The number of carbonyl (C=O) groups is 3. The van der Waals surface area contributed by atoms with Crippen molar-refractivity contribution in [3.05, 3.63) is 120 Å². The molecular formula is C35H38N2O5. The van der Waals surface area contributed by atoms with Crippen molar-refractivity contribution in [2.75, 3.05) is 13.1 Å². The van der Waals surface area contributed by atoms with Gasteiger partial charge < -0.3 is 19.7 Å². The minimum absolute atomic E-state index is 0.0411. The number of fused-ring (bicyclic) bond motifs is 1. The van der Waals surface area contributed by atoms with E-state index in [4.69, 9.17) is 9.47 Å². The molecule has 218 valence electrons. The number of ether oxygens (including phenoxy) is 2. The normalized spacial score (nSPS) is 11.6. The van der Waals surface area contributed by atoms with Crippen LogP contribution in [0.2, 0.25) is 0 Å². The second kappa shape index (κ2) is 15.4. The molecule has 0 spiro atoms. The topological polar surface area (TPSA) is 84.9 Å². The quantitative estimate of drug-likeness (QED) is 0.192. The molecule has 4 aromatic carbocycles. The van der Waals surface area contributed by atoms with E-state index in [1.54, 1.807) is 4.90 Å². The molecule has 0 aliphatic heterocycles. The molecule has 0 aliphatic carbocycles. The fourth-order valence-electron chi connectivity index (χ4n) is 4.71. The summed E-state index contributed by atoms with van der Waals surface area (Å²) in [6.07, 6.45) is 0.300. The smallest absolute Gasteiger partial charge is 0.329 e. The Morgan fingerprint density at radius 2 is 1.33 bits per heavy atom. The van der Waals surface area contributed by atoms with Crippen LogP contribution in [0.15, 0.2) is 103 Å². The monoisotopic (exact) mass is 566 g/mol. The number of hydrogen-bond donors (Lipinski definition) is 1. The van der Waals surface area contributed by atoms with E-state index in [9.17, 15) is 14.4 Å². The van der Waals surface area contributed by atoms with Crippen molar-refractivity contribution in [2.45, 2.75) is 45.9 Å². The summed E-state index contributed by atoms with van der Waals surface area (Å²) in [4.78, 5) is 41.0. The molecule has 7 heteroatoms. The number of rotatable bonds is 13. The SMILES string of the molecule is CC(C)CN(CCC(=O)OCc1ccccc1)C(=O)N[C@@H](Cc1cccc2ccccc12)C(=O)OCc1ccccc1. The molecule has 0 bridgehead atoms. The number of nitrogens with zero attached hydrogens (tertiary/aromatic N) is 1. The third kappa shape index (κ3) is 9.20. The van der Waals surface area contributed by atoms with Crippen molar-refractivity contribution in [3.63, 3.8) is 0 Å². The summed E-state index contributed by atoms with van der Waals surface area (Å²) in [7, 11) is 0. The van der Waals surface area contributed by atoms with Crippen LogP contribution in [0.25, 0.3) is 10.8 Å². The van der Waals surface area contributed by atoms with Gasteiger partial charge in [-0.15, -0.1) is 0 Å². The predicted octanol–water partition coefficient (Wildman–Crippen LogP) is 6.30. The lowest BCUT2D eigenvalue weighted by Gasteiger charge is -2.27. The van der Waals surface area contributed by atoms with Gasteiger partial charge in [-0.05, 0) is 33.4 Å². The van der Waals surface area contributed by atoms with Gasteiger partial charge >= 0.3 is 18.0 Å². The molecule has 2 amide bonds. The van der Waals surface area contributed by atoms with Gasteiger partial charge in [0.25, 0.3) is 0 Å². The average Bonchev–Trinajstić information content (AvgIpc) is 3.01. The molecule has 0 saturated heterocycles. The Hall–Kier alpha value is -4.65. The maximum atomic E-state index is 13.6. The van der Waals surface area contributed by atoms with Gasteiger partial charge in [0.15, 0.2) is 0 Å². The van der Waals surface area contributed by atoms with Crippen molar-refractivity contribution in [1.29, 1.82) is 0 Å². The molecule has 1 atom stereocenters. The van der Waals surface area contributed by atoms with Gasteiger partial charge in [0.05, 0.1) is 6.42 Å². The molecule has 42 heavy (non-hydrogen) atoms. The molecule has 7 nitrogen and oxygen atoms in total. The first-order valence-corrected chi connectivity index (χ1v) is 14.3. The Kier molecular flexibility index (Phi) is 11.1. The number of urea groups is 1. The number of nitrogens with one attached hydrogen (secondary N) is 1. The fraction of sp³-hybridized carbons (Fsp3) is 0.286. The van der Waals surface area contributed by atoms with Crippen molar-refractivity contribution >= 4 is 28.7 Å². The minimum Gasteiger partial charge on any atom is -0.461 e. The zero-order chi connectivity index (χ0) is 29.7. The predicted molar refractivity (Wildman–Crippen MR) is 163 cm³/mol. The Morgan fingerprint density at radius 1 is 0.738 bits per heavy atom. The van der Waals surface area contributed by atoms with Crippen LogP contribution >= 0.6 is 0 Å². The lowest BCUT2D eigenvalue weighted by Crippen LogP contribution is -2.50. The molecule has 0 unspecified atom stereocenters. The van der Waals surface area contributed by atoms with Gasteiger partial charge in [-0.3, -0.25) is 4.79 Å². The molecule has 0 heterocycles. The third-order valence-electron chi connectivity index (χ3n) is 6.81. The van der Waals surface area contributed by atoms with Crippen LogP contribution in [-0.2, 0) is 38.7 Å². The maximum absolute atomic E-state index is 13.6. The highest BCUT2D eigenvalue weighted by molar-refractivity contribution is 5.88. The van der Waals surface area contributed by atoms with Crippen molar-refractivity contribution in [1.82, 2.24) is 10.2 Å². The summed E-state index contributed by atoms with van der Waals surface area (Å²) in [5.41, 5.74) is 2.68. The zero-order valence-electron chi connectivity index (χ0n) is 24.2. The minimum atomic E-state index is -0.924. The summed E-state index contributed by atoms with van der Waals surface area (Å²) in [6, 6.07) is 31.4. The fourth-order valence-corrected chi connectivity index (χ4v) is 4.71. The van der Waals surface area contributed by atoms with Crippen molar-refractivity contribution in [3.8, 4) is 0 Å². The average molecular weight is 567 g/mol. The molecule has 4 aromatic rings. The van der Waals surface area contributed by atoms with Gasteiger partial charge in [0, 0.05) is 19.5 Å². The highest BCUT2D eigenvalue weighted by Crippen LogP contribution is 2.20. The van der Waals surface area contributed by atoms with Gasteiger partial charge in [-0.1, -0.05) is 117 Å². The number of benzene rings is 4. The Bertz CT molecular complexity index is 1450. The number of carbonyl (C=O) groups excluding carboxylic acids is 3. The summed E-state index contributed by atoms with van der Waals surface area (Å²) < 4.78 is 11.1. The van der Waals surface area contributed by atoms with Crippen LogP contribution in [0.1, 0.15) is 37.0 Å². The van der Waals surface area contributed by atoms with Gasteiger partial charge in [-0.25, -0.2) is 9.59 Å². The van der Waals surface area contributed by atoms with Crippen molar-refractivity contribution < 1.29 is 23.9 Å². The Balaban J connectivity index is 1.46. The van der Waals surface area contributed by atoms with Gasteiger partial charge in [-0.2, -0.15) is 0 Å². The lowest BCUT2D eigenvalue weighted by molar-refractivity contribution is -0.147. The zero-order valence-corrected chi connectivity index (χ0v) is 24.2. The number of esters is 2. The van der Waals surface area contributed by atoms with E-state index in [-0.39, 0.29) is 38.5 Å². The van der Waals surface area contributed by atoms with Crippen LogP contribution < -0.4 is 5.32 Å². The van der Waals surface area contributed by atoms with Crippen LogP contribution in [0.4, 0.5) is 4.79 Å². The molecule has 1 N–H and O–H groups in total. The second-order valence-electron chi connectivity index (χ2n) is 10.7. The standard InChI is InChI=1S/C35H38N2O5/c1-26(2)23-37(21-20-33(38)41-24-27-12-5-3-6-13-27)35(40)36-32(34(39)42-25-28-14-7-4-8-15-28)22-30-18-11-17-29-16-9-10-19-31(29)30/h3-19,26,32H,20-25H2,1-2H3,(H,36,40)/t32-/m0/s1. The Morgan fingerprint density at radius 3 is 2.00 bits per heavy atom. The molecule has 0 radical (unpaired) electrons. The van der Waals surface area contributed by atoms with Gasteiger partial charge in [0.1, 0.15) is 19.3 Å². The van der Waals surface area contributed by atoms with Crippen molar-refractivity contribution in [2.24, 2.45) is 5.92 Å². The second-order valence-corrected chi connectivity index (χ2v) is 10.7. The lowest BCUT2D eigenvalue weighted by atomic mass is 9.99. The number of hydrogen-bond acceptors (Lipinski definition) is 5. The summed E-state index contributed by atoms with van der Waals surface area (Å²) in [6.45, 7) is 4.85. The van der Waals surface area contributed by atoms with E-state index < -0.39 is 24.0 Å². The highest BCUT2D eigenvalue weighted by atomic mass is 16.5. The molecular weight excluding hydrogens is 528 g/mol.